The van der Waals surface area contributed by atoms with Crippen LogP contribution in [-0.2, 0) is 16.6 Å². The van der Waals surface area contributed by atoms with Crippen LogP contribution in [0.25, 0.3) is 0 Å². The largest absolute Gasteiger partial charge is 0.495 e. The van der Waals surface area contributed by atoms with Crippen LogP contribution >= 0.6 is 11.3 Å². The maximum Gasteiger partial charge on any atom is 0.247 e. The van der Waals surface area contributed by atoms with Crippen molar-refractivity contribution in [3.05, 3.63) is 46.2 Å². The highest BCUT2D eigenvalue weighted by Gasteiger charge is 2.27. The second-order valence-electron chi connectivity index (χ2n) is 4.66. The number of nitrogens with zero attached hydrogens (tertiary/aromatic N) is 1. The van der Waals surface area contributed by atoms with Gasteiger partial charge < -0.3 is 4.74 Å². The minimum Gasteiger partial charge on any atom is -0.495 e. The molecule has 0 saturated carbocycles. The third-order valence-corrected chi connectivity index (χ3v) is 6.01. The van der Waals surface area contributed by atoms with Gasteiger partial charge >= 0.3 is 0 Å². The van der Waals surface area contributed by atoms with E-state index in [0.29, 0.717) is 18.8 Å². The van der Waals surface area contributed by atoms with Crippen molar-refractivity contribution in [3.8, 4) is 5.75 Å². The monoisotopic (exact) mass is 325 g/mol. The Labute approximate surface area is 130 Å². The number of thiophene rings is 1. The zero-order valence-electron chi connectivity index (χ0n) is 12.4. The summed E-state index contributed by atoms with van der Waals surface area (Å²) in [6.45, 7) is 4.51. The molecule has 1 aromatic heterocycles. The fourth-order valence-electron chi connectivity index (χ4n) is 2.07. The highest BCUT2D eigenvalue weighted by molar-refractivity contribution is 7.89. The summed E-state index contributed by atoms with van der Waals surface area (Å²) in [6.07, 6.45) is 0. The van der Waals surface area contributed by atoms with Crippen molar-refractivity contribution in [2.75, 3.05) is 13.7 Å². The summed E-state index contributed by atoms with van der Waals surface area (Å²) in [5, 5.41) is 1.95. The third-order valence-electron chi connectivity index (χ3n) is 3.20. The number of rotatable bonds is 6. The molecule has 0 N–H and O–H groups in total. The Hall–Kier alpha value is -1.37. The molecule has 1 aromatic carbocycles. The van der Waals surface area contributed by atoms with Crippen LogP contribution in [0.5, 0.6) is 5.75 Å². The summed E-state index contributed by atoms with van der Waals surface area (Å²) in [5.41, 5.74) is 0.890. The predicted octanol–water partition coefficient (Wildman–Crippen LogP) is 3.28. The summed E-state index contributed by atoms with van der Waals surface area (Å²) in [6, 6.07) is 9.06. The Balaban J connectivity index is 2.41. The molecule has 1 heterocycles. The molecule has 2 aromatic rings. The molecule has 114 valence electrons. The van der Waals surface area contributed by atoms with Gasteiger partial charge in [-0.25, -0.2) is 8.42 Å². The summed E-state index contributed by atoms with van der Waals surface area (Å²) in [4.78, 5) is 1.25. The van der Waals surface area contributed by atoms with E-state index in [0.717, 1.165) is 10.4 Å². The second kappa shape index (κ2) is 6.60. The first-order valence-corrected chi connectivity index (χ1v) is 8.98. The normalized spacial score (nSPS) is 11.8. The van der Waals surface area contributed by atoms with Gasteiger partial charge in [0.05, 0.1) is 7.11 Å². The van der Waals surface area contributed by atoms with Gasteiger partial charge in [-0.15, -0.1) is 11.3 Å². The van der Waals surface area contributed by atoms with E-state index < -0.39 is 10.0 Å². The number of ether oxygens (including phenoxy) is 1. The number of aryl methyl sites for hydroxylation is 1. The minimum absolute atomic E-state index is 0.225. The summed E-state index contributed by atoms with van der Waals surface area (Å²) in [7, 11) is -2.09. The van der Waals surface area contributed by atoms with Gasteiger partial charge in [0.2, 0.25) is 10.0 Å². The van der Waals surface area contributed by atoms with E-state index in [-0.39, 0.29) is 4.90 Å². The van der Waals surface area contributed by atoms with E-state index in [2.05, 4.69) is 0 Å². The van der Waals surface area contributed by atoms with E-state index in [9.17, 15) is 8.42 Å². The Bertz CT molecular complexity index is 694. The number of methoxy groups -OCH3 is 1. The van der Waals surface area contributed by atoms with Crippen molar-refractivity contribution in [1.29, 1.82) is 0 Å². The van der Waals surface area contributed by atoms with Gasteiger partial charge in [0, 0.05) is 18.0 Å². The molecule has 21 heavy (non-hydrogen) atoms. The molecule has 0 amide bonds. The van der Waals surface area contributed by atoms with Gasteiger partial charge in [-0.3, -0.25) is 0 Å². The SMILES string of the molecule is CCN(Cc1cccs1)S(=O)(=O)c1cc(C)ccc1OC. The number of sulfonamides is 1. The molecule has 6 heteroatoms. The van der Waals surface area contributed by atoms with E-state index in [1.807, 2.05) is 37.4 Å². The van der Waals surface area contributed by atoms with Gasteiger partial charge in [-0.2, -0.15) is 4.31 Å². The van der Waals surface area contributed by atoms with Crippen molar-refractivity contribution < 1.29 is 13.2 Å². The van der Waals surface area contributed by atoms with E-state index in [1.54, 1.807) is 23.5 Å². The van der Waals surface area contributed by atoms with Crippen LogP contribution in [0.3, 0.4) is 0 Å². The fourth-order valence-corrected chi connectivity index (χ4v) is 4.54. The summed E-state index contributed by atoms with van der Waals surface area (Å²) < 4.78 is 32.4. The molecule has 0 saturated heterocycles. The number of benzene rings is 1. The zero-order chi connectivity index (χ0) is 15.5. The lowest BCUT2D eigenvalue weighted by Gasteiger charge is -2.21. The van der Waals surface area contributed by atoms with Crippen LogP contribution in [0.15, 0.2) is 40.6 Å². The standard InChI is InChI=1S/C15H19NO3S2/c1-4-16(11-13-6-5-9-20-13)21(17,18)15-10-12(2)7-8-14(15)19-3/h5-10H,4,11H2,1-3H3. The molecular formula is C15H19NO3S2. The van der Waals surface area contributed by atoms with Crippen molar-refractivity contribution in [2.24, 2.45) is 0 Å². The zero-order valence-corrected chi connectivity index (χ0v) is 14.0. The maximum absolute atomic E-state index is 12.9. The lowest BCUT2D eigenvalue weighted by molar-refractivity contribution is 0.392. The summed E-state index contributed by atoms with van der Waals surface area (Å²) in [5.74, 6) is 0.380. The van der Waals surface area contributed by atoms with Crippen LogP contribution in [0.1, 0.15) is 17.4 Å². The fraction of sp³-hybridized carbons (Fsp3) is 0.333. The molecular weight excluding hydrogens is 306 g/mol. The molecule has 2 rings (SSSR count). The van der Waals surface area contributed by atoms with Crippen LogP contribution in [0, 0.1) is 6.92 Å². The van der Waals surface area contributed by atoms with Gasteiger partial charge in [0.1, 0.15) is 10.6 Å². The van der Waals surface area contributed by atoms with Crippen LogP contribution in [0.4, 0.5) is 0 Å². The van der Waals surface area contributed by atoms with Crippen molar-refractivity contribution >= 4 is 21.4 Å². The first-order chi connectivity index (χ1) is 9.98. The van der Waals surface area contributed by atoms with E-state index in [4.69, 9.17) is 4.74 Å². The van der Waals surface area contributed by atoms with Crippen LogP contribution < -0.4 is 4.74 Å². The minimum atomic E-state index is -3.58. The molecule has 0 aliphatic rings. The highest BCUT2D eigenvalue weighted by Crippen LogP contribution is 2.29. The molecule has 0 bridgehead atoms. The average molecular weight is 325 g/mol. The molecule has 0 spiro atoms. The smallest absolute Gasteiger partial charge is 0.247 e. The van der Waals surface area contributed by atoms with Crippen molar-refractivity contribution in [2.45, 2.75) is 25.3 Å². The lowest BCUT2D eigenvalue weighted by Crippen LogP contribution is -2.30. The number of hydrogen-bond donors (Lipinski definition) is 0. The first kappa shape index (κ1) is 16.0. The molecule has 0 unspecified atom stereocenters. The van der Waals surface area contributed by atoms with Gasteiger partial charge in [-0.05, 0) is 36.1 Å². The lowest BCUT2D eigenvalue weighted by atomic mass is 10.2. The Morgan fingerprint density at radius 1 is 1.29 bits per heavy atom. The molecule has 0 aliphatic heterocycles. The molecule has 4 nitrogen and oxygen atoms in total. The van der Waals surface area contributed by atoms with Gasteiger partial charge in [-0.1, -0.05) is 19.1 Å². The topological polar surface area (TPSA) is 46.6 Å². The predicted molar refractivity (Wildman–Crippen MR) is 85.3 cm³/mol. The van der Waals surface area contributed by atoms with Crippen molar-refractivity contribution in [1.82, 2.24) is 4.31 Å². The molecule has 0 atom stereocenters. The second-order valence-corrected chi connectivity index (χ2v) is 7.60. The first-order valence-electron chi connectivity index (χ1n) is 6.66. The third kappa shape index (κ3) is 3.45. The van der Waals surface area contributed by atoms with Crippen LogP contribution in [0.2, 0.25) is 0 Å². The number of hydrogen-bond acceptors (Lipinski definition) is 4. The van der Waals surface area contributed by atoms with Crippen molar-refractivity contribution in [3.63, 3.8) is 0 Å². The molecule has 0 aliphatic carbocycles. The molecule has 0 radical (unpaired) electrons. The summed E-state index contributed by atoms with van der Waals surface area (Å²) >= 11 is 1.55. The van der Waals surface area contributed by atoms with E-state index in [1.165, 1.54) is 11.4 Å². The Morgan fingerprint density at radius 3 is 2.62 bits per heavy atom. The Morgan fingerprint density at radius 2 is 2.05 bits per heavy atom. The van der Waals surface area contributed by atoms with Gasteiger partial charge in [0.25, 0.3) is 0 Å². The quantitative estimate of drug-likeness (QED) is 0.819. The maximum atomic E-state index is 12.9. The van der Waals surface area contributed by atoms with Crippen LogP contribution in [-0.4, -0.2) is 26.4 Å². The van der Waals surface area contributed by atoms with Gasteiger partial charge in [0.15, 0.2) is 0 Å². The average Bonchev–Trinajstić information content (AvgIpc) is 2.97. The van der Waals surface area contributed by atoms with E-state index >= 15 is 0 Å². The molecule has 0 fully saturated rings. The Kier molecular flexibility index (Phi) is 5.03. The highest BCUT2D eigenvalue weighted by atomic mass is 32.2.